The van der Waals surface area contributed by atoms with Gasteiger partial charge in [0.2, 0.25) is 0 Å². The molecule has 12 heavy (non-hydrogen) atoms. The molecule has 2 nitrogen and oxygen atoms in total. The highest BCUT2D eigenvalue weighted by molar-refractivity contribution is 5.04. The van der Waals surface area contributed by atoms with Gasteiger partial charge in [-0.25, -0.2) is 0 Å². The monoisotopic (exact) mass is 169 g/mol. The first-order valence-electron chi connectivity index (χ1n) is 4.58. The smallest absolute Gasteiger partial charge is 0.0822 e. The summed E-state index contributed by atoms with van der Waals surface area (Å²) in [6.45, 7) is 5.94. The number of allylic oxidation sites excluding steroid dienone is 1. The number of aliphatic hydroxyl groups is 1. The van der Waals surface area contributed by atoms with Gasteiger partial charge in [0.15, 0.2) is 0 Å². The lowest BCUT2D eigenvalue weighted by molar-refractivity contribution is 0.0523. The summed E-state index contributed by atoms with van der Waals surface area (Å²) in [7, 11) is 2.06. The molecule has 1 saturated heterocycles. The third-order valence-electron chi connectivity index (χ3n) is 2.62. The van der Waals surface area contributed by atoms with E-state index in [1.165, 1.54) is 5.57 Å². The van der Waals surface area contributed by atoms with Gasteiger partial charge in [-0.05, 0) is 33.7 Å². The molecule has 0 aliphatic carbocycles. The molecule has 0 spiro atoms. The van der Waals surface area contributed by atoms with Crippen molar-refractivity contribution in [2.24, 2.45) is 0 Å². The van der Waals surface area contributed by atoms with Crippen molar-refractivity contribution in [2.75, 3.05) is 20.1 Å². The largest absolute Gasteiger partial charge is 0.388 e. The fourth-order valence-corrected chi connectivity index (χ4v) is 1.82. The molecule has 1 heterocycles. The first-order chi connectivity index (χ1) is 5.56. The lowest BCUT2D eigenvalue weighted by Crippen LogP contribution is -2.32. The molecule has 2 heteroatoms. The average Bonchev–Trinajstić information content (AvgIpc) is 2.30. The molecule has 1 N–H and O–H groups in total. The second kappa shape index (κ2) is 3.58. The Hall–Kier alpha value is -0.340. The van der Waals surface area contributed by atoms with Crippen molar-refractivity contribution in [1.82, 2.24) is 4.90 Å². The normalized spacial score (nSPS) is 32.8. The van der Waals surface area contributed by atoms with Crippen LogP contribution in [0.2, 0.25) is 0 Å². The maximum absolute atomic E-state index is 10.1. The summed E-state index contributed by atoms with van der Waals surface area (Å²) in [4.78, 5) is 2.18. The SMILES string of the molecule is C/C=C(\C)CC1(O)CCN(C)C1. The van der Waals surface area contributed by atoms with Crippen LogP contribution in [-0.2, 0) is 0 Å². The van der Waals surface area contributed by atoms with Crippen molar-refractivity contribution >= 4 is 0 Å². The van der Waals surface area contributed by atoms with E-state index < -0.39 is 5.60 Å². The molecule has 0 bridgehead atoms. The summed E-state index contributed by atoms with van der Waals surface area (Å²) in [6, 6.07) is 0. The highest BCUT2D eigenvalue weighted by Crippen LogP contribution is 2.26. The van der Waals surface area contributed by atoms with Crippen molar-refractivity contribution in [3.63, 3.8) is 0 Å². The molecule has 70 valence electrons. The molecule has 1 atom stereocenters. The molecule has 1 unspecified atom stereocenters. The van der Waals surface area contributed by atoms with E-state index in [0.29, 0.717) is 0 Å². The molecular weight excluding hydrogens is 150 g/mol. The first kappa shape index (κ1) is 9.75. The highest BCUT2D eigenvalue weighted by atomic mass is 16.3. The van der Waals surface area contributed by atoms with Gasteiger partial charge in [-0.3, -0.25) is 0 Å². The summed E-state index contributed by atoms with van der Waals surface area (Å²) in [5.74, 6) is 0. The van der Waals surface area contributed by atoms with E-state index in [2.05, 4.69) is 24.9 Å². The van der Waals surface area contributed by atoms with Crippen LogP contribution < -0.4 is 0 Å². The molecule has 1 aliphatic heterocycles. The molecule has 0 amide bonds. The van der Waals surface area contributed by atoms with Crippen LogP contribution in [0.25, 0.3) is 0 Å². The summed E-state index contributed by atoms with van der Waals surface area (Å²) >= 11 is 0. The number of β-amino-alcohol motifs (C(OH)–C–C–N with tert-alkyl or cyclic N) is 1. The van der Waals surface area contributed by atoms with Gasteiger partial charge in [0, 0.05) is 13.1 Å². The molecule has 0 aromatic rings. The Kier molecular flexibility index (Phi) is 2.91. The summed E-state index contributed by atoms with van der Waals surface area (Å²) in [5.41, 5.74) is 0.832. The van der Waals surface area contributed by atoms with E-state index in [4.69, 9.17) is 0 Å². The second-order valence-corrected chi connectivity index (χ2v) is 4.02. The second-order valence-electron chi connectivity index (χ2n) is 4.02. The van der Waals surface area contributed by atoms with Crippen molar-refractivity contribution in [1.29, 1.82) is 0 Å². The van der Waals surface area contributed by atoms with Crippen LogP contribution in [0, 0.1) is 0 Å². The molecular formula is C10H19NO. The molecule has 0 radical (unpaired) electrons. The van der Waals surface area contributed by atoms with Crippen LogP contribution in [0.5, 0.6) is 0 Å². The zero-order valence-corrected chi connectivity index (χ0v) is 8.30. The Morgan fingerprint density at radius 2 is 2.33 bits per heavy atom. The molecule has 0 aromatic heterocycles. The number of rotatable bonds is 2. The average molecular weight is 169 g/mol. The number of likely N-dealkylation sites (tertiary alicyclic amines) is 1. The Labute approximate surface area is 74.9 Å². The third kappa shape index (κ3) is 2.32. The first-order valence-corrected chi connectivity index (χ1v) is 4.58. The predicted molar refractivity (Wildman–Crippen MR) is 51.1 cm³/mol. The van der Waals surface area contributed by atoms with Crippen LogP contribution >= 0.6 is 0 Å². The van der Waals surface area contributed by atoms with E-state index >= 15 is 0 Å². The standard InChI is InChI=1S/C10H19NO/c1-4-9(2)7-10(12)5-6-11(3)8-10/h4,12H,5-8H2,1-3H3/b9-4+. The maximum Gasteiger partial charge on any atom is 0.0822 e. The minimum Gasteiger partial charge on any atom is -0.388 e. The van der Waals surface area contributed by atoms with E-state index in [1.807, 2.05) is 6.92 Å². The number of likely N-dealkylation sites (N-methyl/N-ethyl adjacent to an activating group) is 1. The van der Waals surface area contributed by atoms with Crippen LogP contribution in [-0.4, -0.2) is 35.7 Å². The Balaban J connectivity index is 2.50. The van der Waals surface area contributed by atoms with E-state index in [9.17, 15) is 5.11 Å². The Morgan fingerprint density at radius 1 is 1.67 bits per heavy atom. The molecule has 1 fully saturated rings. The van der Waals surface area contributed by atoms with Crippen molar-refractivity contribution < 1.29 is 5.11 Å². The quantitative estimate of drug-likeness (QED) is 0.632. The number of nitrogens with zero attached hydrogens (tertiary/aromatic N) is 1. The number of hydrogen-bond donors (Lipinski definition) is 1. The Bertz CT molecular complexity index is 188. The van der Waals surface area contributed by atoms with Gasteiger partial charge in [0.1, 0.15) is 0 Å². The fraction of sp³-hybridized carbons (Fsp3) is 0.800. The predicted octanol–water partition coefficient (Wildman–Crippen LogP) is 1.41. The molecule has 0 aromatic carbocycles. The van der Waals surface area contributed by atoms with Crippen molar-refractivity contribution in [3.8, 4) is 0 Å². The number of hydrogen-bond acceptors (Lipinski definition) is 2. The van der Waals surface area contributed by atoms with Gasteiger partial charge in [-0.2, -0.15) is 0 Å². The highest BCUT2D eigenvalue weighted by Gasteiger charge is 2.33. The van der Waals surface area contributed by atoms with Crippen molar-refractivity contribution in [3.05, 3.63) is 11.6 Å². The maximum atomic E-state index is 10.1. The lowest BCUT2D eigenvalue weighted by atomic mass is 9.94. The lowest BCUT2D eigenvalue weighted by Gasteiger charge is -2.22. The summed E-state index contributed by atoms with van der Waals surface area (Å²) in [6.07, 6.45) is 3.82. The van der Waals surface area contributed by atoms with Gasteiger partial charge in [0.25, 0.3) is 0 Å². The van der Waals surface area contributed by atoms with Gasteiger partial charge >= 0.3 is 0 Å². The minimum atomic E-state index is -0.453. The molecule has 1 rings (SSSR count). The zero-order chi connectivity index (χ0) is 9.19. The minimum absolute atomic E-state index is 0.453. The van der Waals surface area contributed by atoms with Crippen LogP contribution in [0.15, 0.2) is 11.6 Å². The van der Waals surface area contributed by atoms with Crippen LogP contribution in [0.3, 0.4) is 0 Å². The third-order valence-corrected chi connectivity index (χ3v) is 2.62. The topological polar surface area (TPSA) is 23.5 Å². The van der Waals surface area contributed by atoms with Crippen molar-refractivity contribution in [2.45, 2.75) is 32.3 Å². The van der Waals surface area contributed by atoms with Gasteiger partial charge in [-0.15, -0.1) is 0 Å². The van der Waals surface area contributed by atoms with Gasteiger partial charge in [-0.1, -0.05) is 11.6 Å². The van der Waals surface area contributed by atoms with Gasteiger partial charge in [0.05, 0.1) is 5.60 Å². The van der Waals surface area contributed by atoms with E-state index in [-0.39, 0.29) is 0 Å². The van der Waals surface area contributed by atoms with E-state index in [0.717, 1.165) is 25.9 Å². The fourth-order valence-electron chi connectivity index (χ4n) is 1.82. The molecule has 1 aliphatic rings. The van der Waals surface area contributed by atoms with E-state index in [1.54, 1.807) is 0 Å². The summed E-state index contributed by atoms with van der Waals surface area (Å²) in [5, 5.41) is 10.1. The van der Waals surface area contributed by atoms with Crippen LogP contribution in [0.1, 0.15) is 26.7 Å². The van der Waals surface area contributed by atoms with Gasteiger partial charge < -0.3 is 10.0 Å². The van der Waals surface area contributed by atoms with Crippen LogP contribution in [0.4, 0.5) is 0 Å². The Morgan fingerprint density at radius 3 is 2.75 bits per heavy atom. The zero-order valence-electron chi connectivity index (χ0n) is 8.30. The molecule has 0 saturated carbocycles. The summed E-state index contributed by atoms with van der Waals surface area (Å²) < 4.78 is 0.